The molecule has 1 saturated heterocycles. The van der Waals surface area contributed by atoms with Gasteiger partial charge in [0, 0.05) is 0 Å². The molecule has 3 N–H and O–H groups in total. The molecule has 10 heteroatoms. The Morgan fingerprint density at radius 2 is 1.37 bits per heavy atom. The average molecular weight is 405 g/mol. The van der Waals surface area contributed by atoms with Crippen molar-refractivity contribution in [2.75, 3.05) is 0 Å². The van der Waals surface area contributed by atoms with E-state index in [1.165, 1.54) is 0 Å². The Kier molecular flexibility index (Phi) is 4.86. The maximum Gasteiger partial charge on any atom is 0.221 e. The van der Waals surface area contributed by atoms with E-state index in [2.05, 4.69) is 35.9 Å². The molecule has 0 spiro atoms. The number of rotatable bonds is 6. The maximum absolute atomic E-state index is 5.38. The molecule has 1 unspecified atom stereocenters. The van der Waals surface area contributed by atoms with Crippen LogP contribution in [0, 0.1) is 0 Å². The summed E-state index contributed by atoms with van der Waals surface area (Å²) in [4.78, 5) is 18.2. The quantitative estimate of drug-likeness (QED) is 0.576. The van der Waals surface area contributed by atoms with E-state index in [1.807, 2.05) is 36.4 Å². The predicted octanol–water partition coefficient (Wildman–Crippen LogP) is 2.04. The molecule has 0 aromatic carbocycles. The molecule has 2 aliphatic heterocycles. The lowest BCUT2D eigenvalue weighted by Crippen LogP contribution is -2.61. The number of furan rings is 3. The van der Waals surface area contributed by atoms with Crippen LogP contribution < -0.4 is 16.0 Å². The first-order valence-electron chi connectivity index (χ1n) is 9.43. The lowest BCUT2D eigenvalue weighted by molar-refractivity contribution is 0.511. The summed E-state index contributed by atoms with van der Waals surface area (Å²) in [5.41, 5.74) is 0. The summed E-state index contributed by atoms with van der Waals surface area (Å²) in [6.45, 7) is 1.17. The minimum Gasteiger partial charge on any atom is -0.467 e. The Labute approximate surface area is 171 Å². The molecule has 152 valence electrons. The average Bonchev–Trinajstić information content (AvgIpc) is 3.56. The minimum atomic E-state index is -0.280. The number of aliphatic imine (C=N–C) groups is 4. The van der Waals surface area contributed by atoms with Crippen molar-refractivity contribution >= 4 is 23.6 Å². The second kappa shape index (κ2) is 8.11. The highest BCUT2D eigenvalue weighted by Gasteiger charge is 2.35. The maximum atomic E-state index is 5.38. The summed E-state index contributed by atoms with van der Waals surface area (Å²) < 4.78 is 16.0. The van der Waals surface area contributed by atoms with Gasteiger partial charge in [-0.3, -0.25) is 4.99 Å². The van der Waals surface area contributed by atoms with Crippen molar-refractivity contribution in [3.8, 4) is 0 Å². The SMILES string of the molecule is c1coc(CN=C2N=C3NC(=NCc4ccco4)NC(=NCc4ccco4)C3N2)c1. The first-order valence-corrected chi connectivity index (χ1v) is 9.43. The molecule has 3 aromatic heterocycles. The van der Waals surface area contributed by atoms with E-state index in [0.717, 1.165) is 17.3 Å². The first-order chi connectivity index (χ1) is 14.8. The standard InChI is InChI=1S/C20H19N7O3/c1-4-13(28-7-1)10-21-17-16-18(26-19(24-16)22-11-14-5-2-8-29-14)27-20(25-17)23-12-15-6-3-9-30-15/h1-9,16H,10-12H2,(H3,21,22,23,24,25,26,27). The molecule has 1 atom stereocenters. The molecule has 0 radical (unpaired) electrons. The van der Waals surface area contributed by atoms with E-state index < -0.39 is 0 Å². The van der Waals surface area contributed by atoms with Gasteiger partial charge in [-0.05, 0) is 36.4 Å². The van der Waals surface area contributed by atoms with Crippen LogP contribution in [0.5, 0.6) is 0 Å². The van der Waals surface area contributed by atoms with Crippen molar-refractivity contribution in [3.63, 3.8) is 0 Å². The molecule has 1 fully saturated rings. The van der Waals surface area contributed by atoms with Gasteiger partial charge in [0.15, 0.2) is 0 Å². The van der Waals surface area contributed by atoms with Gasteiger partial charge in [-0.1, -0.05) is 0 Å². The summed E-state index contributed by atoms with van der Waals surface area (Å²) in [7, 11) is 0. The Bertz CT molecular complexity index is 1090. The van der Waals surface area contributed by atoms with Gasteiger partial charge in [-0.25, -0.2) is 9.98 Å². The van der Waals surface area contributed by atoms with Crippen LogP contribution in [0.4, 0.5) is 0 Å². The highest BCUT2D eigenvalue weighted by Crippen LogP contribution is 2.10. The van der Waals surface area contributed by atoms with Crippen molar-refractivity contribution in [1.29, 1.82) is 0 Å². The van der Waals surface area contributed by atoms with Crippen molar-refractivity contribution in [1.82, 2.24) is 16.0 Å². The molecule has 30 heavy (non-hydrogen) atoms. The Morgan fingerprint density at radius 1 is 0.767 bits per heavy atom. The summed E-state index contributed by atoms with van der Waals surface area (Å²) in [5.74, 6) is 4.66. The molecule has 0 saturated carbocycles. The number of guanidine groups is 2. The topological polar surface area (TPSA) is 125 Å². The number of nitrogens with one attached hydrogen (secondary N) is 3. The minimum absolute atomic E-state index is 0.280. The molecule has 10 nitrogen and oxygen atoms in total. The van der Waals surface area contributed by atoms with E-state index >= 15 is 0 Å². The number of hydrogen-bond donors (Lipinski definition) is 3. The number of hydrogen-bond acceptors (Lipinski definition) is 6. The van der Waals surface area contributed by atoms with Gasteiger partial charge in [0.1, 0.15) is 48.1 Å². The molecule has 5 heterocycles. The number of nitrogens with zero attached hydrogens (tertiary/aromatic N) is 4. The van der Waals surface area contributed by atoms with Gasteiger partial charge >= 0.3 is 0 Å². The molecule has 0 aliphatic carbocycles. The second-order valence-electron chi connectivity index (χ2n) is 6.57. The molecule has 5 rings (SSSR count). The van der Waals surface area contributed by atoms with Crippen LogP contribution in [-0.2, 0) is 19.6 Å². The van der Waals surface area contributed by atoms with Crippen LogP contribution in [0.15, 0.2) is 88.4 Å². The summed E-state index contributed by atoms with van der Waals surface area (Å²) >= 11 is 0. The van der Waals surface area contributed by atoms with Gasteiger partial charge < -0.3 is 29.2 Å². The molecule has 0 bridgehead atoms. The van der Waals surface area contributed by atoms with E-state index in [4.69, 9.17) is 13.3 Å². The molecule has 2 aliphatic rings. The van der Waals surface area contributed by atoms with Crippen molar-refractivity contribution in [3.05, 3.63) is 72.5 Å². The van der Waals surface area contributed by atoms with Gasteiger partial charge in [0.25, 0.3) is 0 Å². The Morgan fingerprint density at radius 3 is 1.97 bits per heavy atom. The van der Waals surface area contributed by atoms with E-state index in [9.17, 15) is 0 Å². The zero-order valence-electron chi connectivity index (χ0n) is 15.9. The Hall–Kier alpha value is -4.08. The summed E-state index contributed by atoms with van der Waals surface area (Å²) in [5, 5.41) is 9.70. The normalized spacial score (nSPS) is 21.9. The molecular weight excluding hydrogens is 386 g/mol. The first kappa shape index (κ1) is 18.0. The zero-order chi connectivity index (χ0) is 20.2. The third-order valence-corrected chi connectivity index (χ3v) is 4.46. The third kappa shape index (κ3) is 4.02. The second-order valence-corrected chi connectivity index (χ2v) is 6.57. The molecule has 3 aromatic rings. The van der Waals surface area contributed by atoms with Crippen LogP contribution in [0.1, 0.15) is 17.3 Å². The van der Waals surface area contributed by atoms with Crippen molar-refractivity contribution < 1.29 is 13.3 Å². The van der Waals surface area contributed by atoms with Crippen molar-refractivity contribution in [2.45, 2.75) is 25.7 Å². The van der Waals surface area contributed by atoms with Crippen LogP contribution in [-0.4, -0.2) is 29.6 Å². The van der Waals surface area contributed by atoms with Crippen LogP contribution in [0.3, 0.4) is 0 Å². The fourth-order valence-electron chi connectivity index (χ4n) is 3.02. The lowest BCUT2D eigenvalue weighted by atomic mass is 10.2. The number of fused-ring (bicyclic) bond motifs is 1. The summed E-state index contributed by atoms with van der Waals surface area (Å²) in [6.07, 6.45) is 4.87. The fourth-order valence-corrected chi connectivity index (χ4v) is 3.02. The largest absolute Gasteiger partial charge is 0.467 e. The molecule has 0 amide bonds. The zero-order valence-corrected chi connectivity index (χ0v) is 15.9. The fraction of sp³-hybridized carbons (Fsp3) is 0.200. The third-order valence-electron chi connectivity index (χ3n) is 4.46. The monoisotopic (exact) mass is 405 g/mol. The van der Waals surface area contributed by atoms with E-state index in [-0.39, 0.29) is 6.04 Å². The van der Waals surface area contributed by atoms with E-state index in [1.54, 1.807) is 18.8 Å². The van der Waals surface area contributed by atoms with Gasteiger partial charge in [0.05, 0.1) is 25.3 Å². The van der Waals surface area contributed by atoms with Gasteiger partial charge in [-0.2, -0.15) is 4.99 Å². The predicted molar refractivity (Wildman–Crippen MR) is 110 cm³/mol. The van der Waals surface area contributed by atoms with Gasteiger partial charge in [0.2, 0.25) is 11.9 Å². The highest BCUT2D eigenvalue weighted by atomic mass is 16.3. The highest BCUT2D eigenvalue weighted by molar-refractivity contribution is 6.28. The van der Waals surface area contributed by atoms with Gasteiger partial charge in [-0.15, -0.1) is 0 Å². The smallest absolute Gasteiger partial charge is 0.221 e. The van der Waals surface area contributed by atoms with Crippen LogP contribution >= 0.6 is 0 Å². The summed E-state index contributed by atoms with van der Waals surface area (Å²) in [6, 6.07) is 10.8. The number of amidine groups is 2. The Balaban J connectivity index is 1.37. The van der Waals surface area contributed by atoms with E-state index in [0.29, 0.717) is 43.2 Å². The lowest BCUT2D eigenvalue weighted by Gasteiger charge is -2.25. The molecular formula is C20H19N7O3. The van der Waals surface area contributed by atoms with Crippen molar-refractivity contribution in [2.24, 2.45) is 20.0 Å². The van der Waals surface area contributed by atoms with Crippen LogP contribution in [0.25, 0.3) is 0 Å². The van der Waals surface area contributed by atoms with Crippen LogP contribution in [0.2, 0.25) is 0 Å².